The predicted molar refractivity (Wildman–Crippen MR) is 77.0 cm³/mol. The third-order valence-electron chi connectivity index (χ3n) is 3.10. The Bertz CT molecular complexity index is 788. The molecule has 0 aliphatic heterocycles. The van der Waals surface area contributed by atoms with Crippen LogP contribution in [0.15, 0.2) is 48.5 Å². The zero-order valence-corrected chi connectivity index (χ0v) is 13.6. The molecule has 3 aromatic rings. The zero-order chi connectivity index (χ0) is 13.9. The van der Waals surface area contributed by atoms with Gasteiger partial charge in [-0.05, 0) is 10.7 Å². The molecule has 0 fully saturated rings. The fourth-order valence-electron chi connectivity index (χ4n) is 2.06. The molecule has 0 spiro atoms. The van der Waals surface area contributed by atoms with Crippen LogP contribution in [0.25, 0.3) is 27.4 Å². The summed E-state index contributed by atoms with van der Waals surface area (Å²) >= 11 is 0. The zero-order valence-electron chi connectivity index (χ0n) is 11.2. The van der Waals surface area contributed by atoms with E-state index < -0.39 is 0 Å². The summed E-state index contributed by atoms with van der Waals surface area (Å²) in [4.78, 5) is 3.32. The molecule has 0 unspecified atom stereocenters. The van der Waals surface area contributed by atoms with Crippen molar-refractivity contribution < 1.29 is 20.1 Å². The van der Waals surface area contributed by atoms with Gasteiger partial charge in [0.05, 0.1) is 0 Å². The van der Waals surface area contributed by atoms with Crippen molar-refractivity contribution in [1.82, 2.24) is 14.8 Å². The Hall–Kier alpha value is -2.28. The minimum atomic E-state index is 0. The van der Waals surface area contributed by atoms with Crippen molar-refractivity contribution in [3.8, 4) is 22.5 Å². The van der Waals surface area contributed by atoms with E-state index in [1.54, 1.807) is 11.6 Å². The van der Waals surface area contributed by atoms with Crippen molar-refractivity contribution in [3.05, 3.63) is 66.0 Å². The van der Waals surface area contributed by atoms with E-state index in [4.69, 9.17) is 6.57 Å². The van der Waals surface area contributed by atoms with Crippen LogP contribution < -0.4 is 0 Å². The van der Waals surface area contributed by atoms with Crippen LogP contribution in [0, 0.1) is 12.6 Å². The Labute approximate surface area is 136 Å². The van der Waals surface area contributed by atoms with E-state index in [0.29, 0.717) is 5.82 Å². The first-order valence-electron chi connectivity index (χ1n) is 6.14. The van der Waals surface area contributed by atoms with Gasteiger partial charge in [-0.25, -0.2) is 0 Å². The molecule has 0 bridgehead atoms. The Morgan fingerprint density at radius 3 is 2.52 bits per heavy atom. The molecule has 0 atom stereocenters. The number of nitrogens with zero attached hydrogens (tertiary/aromatic N) is 4. The molecule has 21 heavy (non-hydrogen) atoms. The molecular formula is C16H11IrN4-. The molecule has 4 nitrogen and oxygen atoms in total. The molecule has 0 saturated heterocycles. The van der Waals surface area contributed by atoms with Gasteiger partial charge in [0.15, 0.2) is 0 Å². The maximum atomic E-state index is 7.03. The van der Waals surface area contributed by atoms with Crippen LogP contribution in [-0.2, 0) is 27.2 Å². The number of hydrogen-bond donors (Lipinski definition) is 0. The predicted octanol–water partition coefficient (Wildman–Crippen LogP) is 3.50. The summed E-state index contributed by atoms with van der Waals surface area (Å²) in [6.07, 6.45) is 0. The second kappa shape index (κ2) is 6.45. The molecule has 1 radical (unpaired) electrons. The van der Waals surface area contributed by atoms with E-state index >= 15 is 0 Å². The van der Waals surface area contributed by atoms with E-state index in [1.807, 2.05) is 36.4 Å². The maximum absolute atomic E-state index is 7.03. The Balaban J connectivity index is 0.00000161. The first-order valence-corrected chi connectivity index (χ1v) is 6.14. The summed E-state index contributed by atoms with van der Waals surface area (Å²) in [6.45, 7) is 7.03. The Kier molecular flexibility index (Phi) is 4.64. The number of benzene rings is 2. The summed E-state index contributed by atoms with van der Waals surface area (Å²) in [5, 5.41) is 7.91. The topological polar surface area (TPSA) is 35.1 Å². The fraction of sp³-hybridized carbons (Fsp3) is 0.0625. The molecule has 3 rings (SSSR count). The average Bonchev–Trinajstić information content (AvgIpc) is 2.89. The van der Waals surface area contributed by atoms with Crippen LogP contribution in [0.2, 0.25) is 0 Å². The quantitative estimate of drug-likeness (QED) is 0.559. The van der Waals surface area contributed by atoms with E-state index in [1.165, 1.54) is 0 Å². The fourth-order valence-corrected chi connectivity index (χ4v) is 2.06. The van der Waals surface area contributed by atoms with Crippen LogP contribution in [0.3, 0.4) is 0 Å². The van der Waals surface area contributed by atoms with Gasteiger partial charge in [-0.3, -0.25) is 0 Å². The van der Waals surface area contributed by atoms with Gasteiger partial charge in [0, 0.05) is 27.2 Å². The van der Waals surface area contributed by atoms with Crippen LogP contribution in [-0.4, -0.2) is 14.8 Å². The minimum absolute atomic E-state index is 0. The van der Waals surface area contributed by atoms with E-state index in [2.05, 4.69) is 33.2 Å². The SMILES string of the molecule is [C-]#[N+]c1nnc(-c2[c-]ccc(-c3ccccc3)c2)n1C.[Ir]. The second-order valence-electron chi connectivity index (χ2n) is 4.35. The van der Waals surface area contributed by atoms with Gasteiger partial charge in [-0.2, -0.15) is 0 Å². The molecule has 2 aromatic carbocycles. The van der Waals surface area contributed by atoms with Gasteiger partial charge in [-0.1, -0.05) is 35.9 Å². The molecule has 0 saturated carbocycles. The van der Waals surface area contributed by atoms with Crippen molar-refractivity contribution in [2.45, 2.75) is 0 Å². The largest absolute Gasteiger partial charge is 0.396 e. The standard InChI is InChI=1S/C16H11N4.Ir/c1-17-16-19-18-15(20(16)2)14-10-6-9-13(11-14)12-7-4-3-5-8-12;/h3-9,11H,2H3;/q-1;. The van der Waals surface area contributed by atoms with Crippen molar-refractivity contribution in [3.63, 3.8) is 0 Å². The van der Waals surface area contributed by atoms with Crippen LogP contribution >= 0.6 is 0 Å². The van der Waals surface area contributed by atoms with Gasteiger partial charge in [-0.15, -0.1) is 41.5 Å². The first-order chi connectivity index (χ1) is 9.79. The first kappa shape index (κ1) is 15.1. The van der Waals surface area contributed by atoms with Gasteiger partial charge in [0.2, 0.25) is 0 Å². The summed E-state index contributed by atoms with van der Waals surface area (Å²) in [6, 6.07) is 19.1. The molecule has 0 aliphatic rings. The van der Waals surface area contributed by atoms with Gasteiger partial charge in [0.1, 0.15) is 5.82 Å². The Morgan fingerprint density at radius 1 is 1.10 bits per heavy atom. The van der Waals surface area contributed by atoms with E-state index in [-0.39, 0.29) is 26.1 Å². The molecule has 105 valence electrons. The number of aromatic nitrogens is 3. The summed E-state index contributed by atoms with van der Waals surface area (Å²) in [5.74, 6) is 0.923. The molecule has 0 aliphatic carbocycles. The van der Waals surface area contributed by atoms with Crippen LogP contribution in [0.5, 0.6) is 0 Å². The monoisotopic (exact) mass is 452 g/mol. The normalized spacial score (nSPS) is 9.71. The molecular weight excluding hydrogens is 440 g/mol. The number of rotatable bonds is 2. The summed E-state index contributed by atoms with van der Waals surface area (Å²) in [5.41, 5.74) is 3.05. The van der Waals surface area contributed by atoms with Gasteiger partial charge in [0.25, 0.3) is 0 Å². The smallest absolute Gasteiger partial charge is 0.352 e. The molecule has 1 aromatic heterocycles. The molecule has 1 heterocycles. The average molecular weight is 452 g/mol. The molecule has 5 heteroatoms. The maximum Gasteiger partial charge on any atom is 0.352 e. The second-order valence-corrected chi connectivity index (χ2v) is 4.35. The molecule has 0 amide bonds. The van der Waals surface area contributed by atoms with Gasteiger partial charge >= 0.3 is 5.95 Å². The summed E-state index contributed by atoms with van der Waals surface area (Å²) in [7, 11) is 1.78. The molecule has 0 N–H and O–H groups in total. The van der Waals surface area contributed by atoms with Crippen LogP contribution in [0.1, 0.15) is 0 Å². The van der Waals surface area contributed by atoms with Crippen LogP contribution in [0.4, 0.5) is 5.95 Å². The van der Waals surface area contributed by atoms with Crippen molar-refractivity contribution >= 4 is 5.95 Å². The third kappa shape index (κ3) is 2.92. The van der Waals surface area contributed by atoms with E-state index in [0.717, 1.165) is 16.7 Å². The Morgan fingerprint density at radius 2 is 1.86 bits per heavy atom. The summed E-state index contributed by atoms with van der Waals surface area (Å²) < 4.78 is 1.67. The van der Waals surface area contributed by atoms with E-state index in [9.17, 15) is 0 Å². The van der Waals surface area contributed by atoms with Gasteiger partial charge < -0.3 is 9.41 Å². The van der Waals surface area contributed by atoms with Crippen molar-refractivity contribution in [1.29, 1.82) is 0 Å². The minimum Gasteiger partial charge on any atom is -0.396 e. The van der Waals surface area contributed by atoms with Crippen molar-refractivity contribution in [2.24, 2.45) is 7.05 Å². The third-order valence-corrected chi connectivity index (χ3v) is 3.10. The van der Waals surface area contributed by atoms with Crippen molar-refractivity contribution in [2.75, 3.05) is 0 Å². The number of hydrogen-bond acceptors (Lipinski definition) is 2.